The molecule has 3 rings (SSSR count). The zero-order chi connectivity index (χ0) is 13.9. The van der Waals surface area contributed by atoms with E-state index in [0.717, 1.165) is 25.2 Å². The van der Waals surface area contributed by atoms with Crippen LogP contribution in [0.15, 0.2) is 34.9 Å². The van der Waals surface area contributed by atoms with Crippen molar-refractivity contribution in [2.45, 2.75) is 19.5 Å². The lowest BCUT2D eigenvalue weighted by molar-refractivity contribution is 0.184. The monoisotopic (exact) mass is 275 g/mol. The second-order valence-corrected chi connectivity index (χ2v) is 5.22. The van der Waals surface area contributed by atoms with Crippen molar-refractivity contribution in [1.82, 2.24) is 15.2 Å². The van der Waals surface area contributed by atoms with E-state index in [4.69, 9.17) is 4.42 Å². The Bertz CT molecular complexity index is 567. The minimum Gasteiger partial charge on any atom is -0.439 e. The number of piperazine rings is 1. The van der Waals surface area contributed by atoms with Gasteiger partial charge in [-0.25, -0.2) is 9.37 Å². The fourth-order valence-corrected chi connectivity index (χ4v) is 2.48. The molecule has 1 N–H and O–H groups in total. The molecule has 0 aliphatic carbocycles. The molecule has 1 aromatic heterocycles. The number of halogens is 1. The maximum absolute atomic E-state index is 12.9. The summed E-state index contributed by atoms with van der Waals surface area (Å²) < 4.78 is 18.6. The smallest absolute Gasteiger partial charge is 0.209 e. The predicted molar refractivity (Wildman–Crippen MR) is 74.6 cm³/mol. The minimum absolute atomic E-state index is 0.247. The lowest BCUT2D eigenvalue weighted by atomic mass is 10.2. The number of aromatic nitrogens is 1. The Balaban J connectivity index is 1.69. The topological polar surface area (TPSA) is 41.3 Å². The van der Waals surface area contributed by atoms with E-state index in [1.54, 1.807) is 18.3 Å². The fraction of sp³-hybridized carbons (Fsp3) is 0.400. The molecule has 20 heavy (non-hydrogen) atoms. The van der Waals surface area contributed by atoms with E-state index in [9.17, 15) is 4.39 Å². The summed E-state index contributed by atoms with van der Waals surface area (Å²) in [5, 5.41) is 3.41. The van der Waals surface area contributed by atoms with Gasteiger partial charge in [-0.2, -0.15) is 0 Å². The van der Waals surface area contributed by atoms with Crippen LogP contribution < -0.4 is 5.32 Å². The molecule has 1 aliphatic heterocycles. The molecule has 4 nitrogen and oxygen atoms in total. The van der Waals surface area contributed by atoms with Crippen LogP contribution in [0.25, 0.3) is 11.3 Å². The quantitative estimate of drug-likeness (QED) is 0.933. The van der Waals surface area contributed by atoms with Crippen molar-refractivity contribution >= 4 is 0 Å². The summed E-state index contributed by atoms with van der Waals surface area (Å²) >= 11 is 0. The molecular formula is C15H18FN3O. The van der Waals surface area contributed by atoms with Crippen molar-refractivity contribution in [1.29, 1.82) is 0 Å². The van der Waals surface area contributed by atoms with Crippen LogP contribution in [-0.4, -0.2) is 35.6 Å². The summed E-state index contributed by atoms with van der Waals surface area (Å²) in [5.74, 6) is 1.14. The highest BCUT2D eigenvalue weighted by molar-refractivity contribution is 5.55. The standard InChI is InChI=1S/C15H18FN3O/c1-11-9-19(7-6-17-11)10-15-18-8-14(20-15)12-2-4-13(16)5-3-12/h2-5,8,11,17H,6-7,9-10H2,1H3. The van der Waals surface area contributed by atoms with Crippen LogP contribution in [0.5, 0.6) is 0 Å². The third-order valence-electron chi connectivity index (χ3n) is 3.49. The Hall–Kier alpha value is -1.72. The van der Waals surface area contributed by atoms with Crippen molar-refractivity contribution in [3.05, 3.63) is 42.2 Å². The molecule has 0 radical (unpaired) electrons. The molecule has 106 valence electrons. The van der Waals surface area contributed by atoms with Gasteiger partial charge in [-0.3, -0.25) is 4.90 Å². The molecule has 0 spiro atoms. The van der Waals surface area contributed by atoms with Crippen molar-refractivity contribution in [2.24, 2.45) is 0 Å². The molecule has 0 bridgehead atoms. The summed E-state index contributed by atoms with van der Waals surface area (Å²) in [6.07, 6.45) is 1.70. The first kappa shape index (κ1) is 13.3. The second-order valence-electron chi connectivity index (χ2n) is 5.22. The third kappa shape index (κ3) is 3.05. The van der Waals surface area contributed by atoms with Gasteiger partial charge >= 0.3 is 0 Å². The Labute approximate surface area is 117 Å². The molecule has 2 aromatic rings. The van der Waals surface area contributed by atoms with E-state index in [-0.39, 0.29) is 5.82 Å². The van der Waals surface area contributed by atoms with Gasteiger partial charge in [0, 0.05) is 31.2 Å². The van der Waals surface area contributed by atoms with Crippen LogP contribution >= 0.6 is 0 Å². The fourth-order valence-electron chi connectivity index (χ4n) is 2.48. The normalized spacial score (nSPS) is 20.2. The summed E-state index contributed by atoms with van der Waals surface area (Å²) in [6, 6.07) is 6.75. The number of hydrogen-bond acceptors (Lipinski definition) is 4. The number of nitrogens with zero attached hydrogens (tertiary/aromatic N) is 2. The Kier molecular flexibility index (Phi) is 3.80. The van der Waals surface area contributed by atoms with Crippen molar-refractivity contribution in [3.63, 3.8) is 0 Å². The molecule has 5 heteroatoms. The lowest BCUT2D eigenvalue weighted by Gasteiger charge is -2.30. The van der Waals surface area contributed by atoms with Crippen molar-refractivity contribution < 1.29 is 8.81 Å². The van der Waals surface area contributed by atoms with Crippen LogP contribution in [0.2, 0.25) is 0 Å². The molecule has 1 unspecified atom stereocenters. The summed E-state index contributed by atoms with van der Waals surface area (Å²) in [7, 11) is 0. The second kappa shape index (κ2) is 5.73. The van der Waals surface area contributed by atoms with E-state index in [2.05, 4.69) is 22.1 Å². The van der Waals surface area contributed by atoms with Gasteiger partial charge in [-0.1, -0.05) is 0 Å². The highest BCUT2D eigenvalue weighted by Crippen LogP contribution is 2.21. The molecule has 1 aromatic carbocycles. The van der Waals surface area contributed by atoms with Gasteiger partial charge in [0.25, 0.3) is 0 Å². The van der Waals surface area contributed by atoms with Gasteiger partial charge in [0.1, 0.15) is 5.82 Å². The lowest BCUT2D eigenvalue weighted by Crippen LogP contribution is -2.48. The zero-order valence-corrected chi connectivity index (χ0v) is 11.5. The highest BCUT2D eigenvalue weighted by Gasteiger charge is 2.17. The van der Waals surface area contributed by atoms with Crippen LogP contribution in [-0.2, 0) is 6.54 Å². The number of benzene rings is 1. The molecule has 0 amide bonds. The average molecular weight is 275 g/mol. The van der Waals surface area contributed by atoms with Gasteiger partial charge in [-0.15, -0.1) is 0 Å². The Morgan fingerprint density at radius 1 is 1.40 bits per heavy atom. The molecular weight excluding hydrogens is 257 g/mol. The molecule has 0 saturated carbocycles. The van der Waals surface area contributed by atoms with Crippen LogP contribution in [0.1, 0.15) is 12.8 Å². The zero-order valence-electron chi connectivity index (χ0n) is 11.5. The van der Waals surface area contributed by atoms with Crippen LogP contribution in [0.3, 0.4) is 0 Å². The van der Waals surface area contributed by atoms with E-state index >= 15 is 0 Å². The van der Waals surface area contributed by atoms with Gasteiger partial charge in [0.2, 0.25) is 5.89 Å². The number of nitrogens with one attached hydrogen (secondary N) is 1. The summed E-state index contributed by atoms with van der Waals surface area (Å²) in [4.78, 5) is 6.63. The van der Waals surface area contributed by atoms with Gasteiger partial charge in [0.05, 0.1) is 12.7 Å². The molecule has 1 fully saturated rings. The first-order valence-electron chi connectivity index (χ1n) is 6.87. The predicted octanol–water partition coefficient (Wildman–Crippen LogP) is 2.27. The van der Waals surface area contributed by atoms with Crippen LogP contribution in [0, 0.1) is 5.82 Å². The average Bonchev–Trinajstić information content (AvgIpc) is 2.88. The molecule has 1 aliphatic rings. The maximum Gasteiger partial charge on any atom is 0.209 e. The minimum atomic E-state index is -0.247. The molecule has 1 saturated heterocycles. The summed E-state index contributed by atoms with van der Waals surface area (Å²) in [5.41, 5.74) is 0.846. The number of oxazole rings is 1. The maximum atomic E-state index is 12.9. The van der Waals surface area contributed by atoms with Gasteiger partial charge in [-0.05, 0) is 31.2 Å². The van der Waals surface area contributed by atoms with E-state index in [1.165, 1.54) is 12.1 Å². The van der Waals surface area contributed by atoms with E-state index in [0.29, 0.717) is 24.2 Å². The van der Waals surface area contributed by atoms with Crippen molar-refractivity contribution in [3.8, 4) is 11.3 Å². The molecule has 2 heterocycles. The van der Waals surface area contributed by atoms with E-state index in [1.807, 2.05) is 0 Å². The Morgan fingerprint density at radius 2 is 2.20 bits per heavy atom. The number of hydrogen-bond donors (Lipinski definition) is 1. The molecule has 1 atom stereocenters. The van der Waals surface area contributed by atoms with Crippen molar-refractivity contribution in [2.75, 3.05) is 19.6 Å². The highest BCUT2D eigenvalue weighted by atomic mass is 19.1. The van der Waals surface area contributed by atoms with Gasteiger partial charge in [0.15, 0.2) is 5.76 Å². The Morgan fingerprint density at radius 3 is 2.95 bits per heavy atom. The first-order valence-corrected chi connectivity index (χ1v) is 6.87. The number of rotatable bonds is 3. The van der Waals surface area contributed by atoms with E-state index < -0.39 is 0 Å². The largest absolute Gasteiger partial charge is 0.439 e. The first-order chi connectivity index (χ1) is 9.70. The SMILES string of the molecule is CC1CN(Cc2ncc(-c3ccc(F)cc3)o2)CCN1. The summed E-state index contributed by atoms with van der Waals surface area (Å²) in [6.45, 7) is 5.87. The van der Waals surface area contributed by atoms with Crippen LogP contribution in [0.4, 0.5) is 4.39 Å². The van der Waals surface area contributed by atoms with Gasteiger partial charge < -0.3 is 9.73 Å². The third-order valence-corrected chi connectivity index (χ3v) is 3.49.